The Morgan fingerprint density at radius 1 is 1.00 bits per heavy atom. The zero-order valence-corrected chi connectivity index (χ0v) is 16.6. The van der Waals surface area contributed by atoms with Gasteiger partial charge in [0.15, 0.2) is 0 Å². The van der Waals surface area contributed by atoms with Gasteiger partial charge in [0.1, 0.15) is 11.2 Å². The van der Waals surface area contributed by atoms with E-state index in [0.717, 1.165) is 16.8 Å². The molecule has 0 saturated heterocycles. The number of H-pyrrole nitrogens is 1. The summed E-state index contributed by atoms with van der Waals surface area (Å²) in [5.41, 5.74) is 3.74. The van der Waals surface area contributed by atoms with Crippen LogP contribution in [0.1, 0.15) is 10.4 Å². The van der Waals surface area contributed by atoms with E-state index in [0.29, 0.717) is 27.8 Å². The summed E-state index contributed by atoms with van der Waals surface area (Å²) >= 11 is 0. The lowest BCUT2D eigenvalue weighted by molar-refractivity contribution is 0.102. The fourth-order valence-corrected chi connectivity index (χ4v) is 3.56. The molecule has 0 unspecified atom stereocenters. The van der Waals surface area contributed by atoms with E-state index in [9.17, 15) is 9.59 Å². The maximum Gasteiger partial charge on any atom is 0.277 e. The first kappa shape index (κ1) is 18.6. The van der Waals surface area contributed by atoms with Crippen molar-refractivity contribution in [1.29, 1.82) is 0 Å². The quantitative estimate of drug-likeness (QED) is 0.418. The van der Waals surface area contributed by atoms with Crippen LogP contribution in [0.15, 0.2) is 77.9 Å². The lowest BCUT2D eigenvalue weighted by Crippen LogP contribution is -2.18. The number of amides is 1. The van der Waals surface area contributed by atoms with Crippen LogP contribution in [-0.4, -0.2) is 25.7 Å². The molecule has 2 aromatic carbocycles. The number of fused-ring (bicyclic) bond motifs is 3. The molecule has 1 amide bonds. The van der Waals surface area contributed by atoms with Gasteiger partial charge in [-0.05, 0) is 42.5 Å². The first-order chi connectivity index (χ1) is 15.1. The van der Waals surface area contributed by atoms with Crippen molar-refractivity contribution in [3.05, 3.63) is 89.0 Å². The number of pyridine rings is 2. The summed E-state index contributed by atoms with van der Waals surface area (Å²) in [5, 5.41) is 14.6. The Bertz CT molecular complexity index is 1470. The van der Waals surface area contributed by atoms with Gasteiger partial charge in [0.25, 0.3) is 11.5 Å². The molecule has 3 N–H and O–H groups in total. The molecule has 0 spiro atoms. The highest BCUT2D eigenvalue weighted by Gasteiger charge is 2.14. The molecule has 152 valence electrons. The number of carbonyl (C=O) groups excluding carboxylic acids is 1. The number of nitrogens with one attached hydrogen (secondary N) is 3. The maximum atomic E-state index is 12.5. The number of rotatable bonds is 4. The van der Waals surface area contributed by atoms with Crippen LogP contribution in [0.5, 0.6) is 0 Å². The SMILES string of the molecule is Cn1c(=O)c2[nH]ncc2c2c(Nc3ccc(NC(=O)c4ccccc4)cc3)ccnc21. The summed E-state index contributed by atoms with van der Waals surface area (Å²) < 4.78 is 1.50. The topological polar surface area (TPSA) is 105 Å². The molecule has 0 atom stereocenters. The molecule has 0 fully saturated rings. The number of carbonyl (C=O) groups is 1. The minimum Gasteiger partial charge on any atom is -0.355 e. The molecule has 0 bridgehead atoms. The van der Waals surface area contributed by atoms with Gasteiger partial charge in [0.2, 0.25) is 0 Å². The minimum absolute atomic E-state index is 0.162. The predicted molar refractivity (Wildman–Crippen MR) is 121 cm³/mol. The molecule has 5 rings (SSSR count). The molecule has 8 nitrogen and oxygen atoms in total. The van der Waals surface area contributed by atoms with Gasteiger partial charge in [-0.1, -0.05) is 18.2 Å². The van der Waals surface area contributed by atoms with E-state index in [1.165, 1.54) is 4.57 Å². The zero-order valence-electron chi connectivity index (χ0n) is 16.6. The molecule has 5 aromatic rings. The first-order valence-corrected chi connectivity index (χ1v) is 9.66. The second kappa shape index (κ2) is 7.42. The summed E-state index contributed by atoms with van der Waals surface area (Å²) in [5.74, 6) is -0.162. The van der Waals surface area contributed by atoms with Crippen LogP contribution in [0.2, 0.25) is 0 Å². The maximum absolute atomic E-state index is 12.5. The Kier molecular flexibility index (Phi) is 4.44. The number of aromatic nitrogens is 4. The molecule has 0 aliphatic rings. The van der Waals surface area contributed by atoms with Crippen molar-refractivity contribution in [2.24, 2.45) is 7.05 Å². The molecule has 0 aliphatic heterocycles. The van der Waals surface area contributed by atoms with Gasteiger partial charge in [-0.25, -0.2) is 4.98 Å². The molecular formula is C23H18N6O2. The minimum atomic E-state index is -0.178. The second-order valence-corrected chi connectivity index (χ2v) is 7.10. The van der Waals surface area contributed by atoms with Crippen LogP contribution in [0.25, 0.3) is 21.9 Å². The number of hydrogen-bond donors (Lipinski definition) is 3. The molecule has 8 heteroatoms. The smallest absolute Gasteiger partial charge is 0.277 e. The van der Waals surface area contributed by atoms with E-state index in [-0.39, 0.29) is 11.5 Å². The van der Waals surface area contributed by atoms with Gasteiger partial charge in [-0.2, -0.15) is 5.10 Å². The Hall–Kier alpha value is -4.46. The number of hydrogen-bond acceptors (Lipinski definition) is 5. The Morgan fingerprint density at radius 3 is 2.52 bits per heavy atom. The van der Waals surface area contributed by atoms with E-state index in [2.05, 4.69) is 25.8 Å². The van der Waals surface area contributed by atoms with Crippen molar-refractivity contribution in [3.8, 4) is 0 Å². The largest absolute Gasteiger partial charge is 0.355 e. The molecule has 0 radical (unpaired) electrons. The predicted octanol–water partition coefficient (Wildman–Crippen LogP) is 3.81. The Balaban J connectivity index is 1.45. The van der Waals surface area contributed by atoms with Crippen LogP contribution < -0.4 is 16.2 Å². The van der Waals surface area contributed by atoms with Crippen molar-refractivity contribution < 1.29 is 4.79 Å². The highest BCUT2D eigenvalue weighted by atomic mass is 16.1. The van der Waals surface area contributed by atoms with Crippen LogP contribution in [-0.2, 0) is 7.05 Å². The average molecular weight is 410 g/mol. The van der Waals surface area contributed by atoms with Crippen LogP contribution in [0.4, 0.5) is 17.1 Å². The van der Waals surface area contributed by atoms with Crippen LogP contribution >= 0.6 is 0 Å². The van der Waals surface area contributed by atoms with Crippen LogP contribution in [0.3, 0.4) is 0 Å². The fourth-order valence-electron chi connectivity index (χ4n) is 3.56. The number of aromatic amines is 1. The molecular weight excluding hydrogens is 392 g/mol. The van der Waals surface area contributed by atoms with E-state index >= 15 is 0 Å². The van der Waals surface area contributed by atoms with Crippen LogP contribution in [0, 0.1) is 0 Å². The summed E-state index contributed by atoms with van der Waals surface area (Å²) in [4.78, 5) is 29.2. The van der Waals surface area contributed by atoms with E-state index in [1.807, 2.05) is 48.5 Å². The summed E-state index contributed by atoms with van der Waals surface area (Å²) in [7, 11) is 1.69. The van der Waals surface area contributed by atoms with Crippen molar-refractivity contribution >= 4 is 44.9 Å². The van der Waals surface area contributed by atoms with Crippen molar-refractivity contribution in [3.63, 3.8) is 0 Å². The highest BCUT2D eigenvalue weighted by molar-refractivity contribution is 6.10. The summed E-state index contributed by atoms with van der Waals surface area (Å²) in [6.07, 6.45) is 3.29. The molecule has 0 aliphatic carbocycles. The van der Waals surface area contributed by atoms with Gasteiger partial charge in [0, 0.05) is 35.6 Å². The fraction of sp³-hybridized carbons (Fsp3) is 0.0435. The summed E-state index contributed by atoms with van der Waals surface area (Å²) in [6, 6.07) is 18.3. The van der Waals surface area contributed by atoms with Gasteiger partial charge in [0.05, 0.1) is 17.3 Å². The number of benzene rings is 2. The third kappa shape index (κ3) is 3.29. The average Bonchev–Trinajstić information content (AvgIpc) is 3.29. The molecule has 3 aromatic heterocycles. The van der Waals surface area contributed by atoms with E-state index in [1.54, 1.807) is 31.6 Å². The van der Waals surface area contributed by atoms with Crippen molar-refractivity contribution in [2.75, 3.05) is 10.6 Å². The normalized spacial score (nSPS) is 11.0. The monoisotopic (exact) mass is 410 g/mol. The number of aryl methyl sites for hydroxylation is 1. The number of anilines is 3. The van der Waals surface area contributed by atoms with Crippen molar-refractivity contribution in [2.45, 2.75) is 0 Å². The first-order valence-electron chi connectivity index (χ1n) is 9.66. The molecule has 0 saturated carbocycles. The Labute approximate surface area is 176 Å². The van der Waals surface area contributed by atoms with Crippen molar-refractivity contribution in [1.82, 2.24) is 19.7 Å². The van der Waals surface area contributed by atoms with E-state index in [4.69, 9.17) is 0 Å². The third-order valence-electron chi connectivity index (χ3n) is 5.13. The van der Waals surface area contributed by atoms with Gasteiger partial charge in [-0.15, -0.1) is 0 Å². The third-order valence-corrected chi connectivity index (χ3v) is 5.13. The van der Waals surface area contributed by atoms with Gasteiger partial charge >= 0.3 is 0 Å². The Morgan fingerprint density at radius 2 is 1.74 bits per heavy atom. The highest BCUT2D eigenvalue weighted by Crippen LogP contribution is 2.29. The lowest BCUT2D eigenvalue weighted by Gasteiger charge is -2.13. The second-order valence-electron chi connectivity index (χ2n) is 7.10. The van der Waals surface area contributed by atoms with Gasteiger partial charge < -0.3 is 10.6 Å². The lowest BCUT2D eigenvalue weighted by atomic mass is 10.1. The zero-order chi connectivity index (χ0) is 21.4. The standard InChI is InChI=1S/C23H18N6O2/c1-29-21-19(17-13-25-28-20(17)23(29)31)18(11-12-24-21)26-15-7-9-16(10-8-15)27-22(30)14-5-3-2-4-6-14/h2-13H,1H3,(H,24,26)(H,25,28)(H,27,30). The molecule has 31 heavy (non-hydrogen) atoms. The molecule has 3 heterocycles. The summed E-state index contributed by atoms with van der Waals surface area (Å²) in [6.45, 7) is 0. The van der Waals surface area contributed by atoms with Gasteiger partial charge in [-0.3, -0.25) is 19.3 Å². The van der Waals surface area contributed by atoms with E-state index < -0.39 is 0 Å². The number of nitrogens with zero attached hydrogens (tertiary/aromatic N) is 3.